The van der Waals surface area contributed by atoms with Gasteiger partial charge >= 0.3 is 0 Å². The average Bonchev–Trinajstić information content (AvgIpc) is 2.87. The molecule has 0 spiro atoms. The Morgan fingerprint density at radius 3 is 2.60 bits per heavy atom. The van der Waals surface area contributed by atoms with Gasteiger partial charge in [0.1, 0.15) is 0 Å². The summed E-state index contributed by atoms with van der Waals surface area (Å²) in [5.74, 6) is 2.72. The van der Waals surface area contributed by atoms with Crippen LogP contribution in [0.25, 0.3) is 0 Å². The normalized spacial score (nSPS) is 12.8. The molecule has 20 heavy (non-hydrogen) atoms. The van der Waals surface area contributed by atoms with Crippen molar-refractivity contribution in [2.45, 2.75) is 33.7 Å². The predicted octanol–water partition coefficient (Wildman–Crippen LogP) is 3.04. The fourth-order valence-electron chi connectivity index (χ4n) is 1.85. The van der Waals surface area contributed by atoms with Crippen LogP contribution in [-0.4, -0.2) is 16.7 Å². The molecule has 0 saturated carbocycles. The quantitative estimate of drug-likeness (QED) is 0.842. The Balaban J connectivity index is 1.80. The van der Waals surface area contributed by atoms with E-state index in [1.807, 2.05) is 18.2 Å². The van der Waals surface area contributed by atoms with Crippen LogP contribution < -0.4 is 5.32 Å². The lowest BCUT2D eigenvalue weighted by Gasteiger charge is -2.14. The third-order valence-electron chi connectivity index (χ3n) is 3.60. The Morgan fingerprint density at radius 2 is 1.90 bits per heavy atom. The highest BCUT2D eigenvalue weighted by Gasteiger charge is 2.09. The van der Waals surface area contributed by atoms with Crippen molar-refractivity contribution in [2.75, 3.05) is 6.54 Å². The molecule has 2 aromatic rings. The van der Waals surface area contributed by atoms with Gasteiger partial charge < -0.3 is 9.84 Å². The number of aromatic nitrogens is 2. The molecule has 0 bridgehead atoms. The van der Waals surface area contributed by atoms with Gasteiger partial charge in [0.2, 0.25) is 5.89 Å². The molecule has 0 radical (unpaired) electrons. The maximum Gasteiger partial charge on any atom is 0.240 e. The molecule has 2 rings (SSSR count). The van der Waals surface area contributed by atoms with E-state index in [-0.39, 0.29) is 0 Å². The predicted molar refractivity (Wildman–Crippen MR) is 79.3 cm³/mol. The van der Waals surface area contributed by atoms with E-state index >= 15 is 0 Å². The van der Waals surface area contributed by atoms with E-state index in [1.54, 1.807) is 0 Å². The summed E-state index contributed by atoms with van der Waals surface area (Å²) in [5, 5.41) is 7.38. The molecule has 1 heterocycles. The van der Waals surface area contributed by atoms with Gasteiger partial charge in [0, 0.05) is 6.42 Å². The maximum absolute atomic E-state index is 5.26. The molecule has 108 valence electrons. The Morgan fingerprint density at radius 1 is 1.15 bits per heavy atom. The third kappa shape index (κ3) is 4.46. The van der Waals surface area contributed by atoms with E-state index in [0.29, 0.717) is 30.7 Å². The first-order chi connectivity index (χ1) is 9.65. The molecule has 0 amide bonds. The lowest BCUT2D eigenvalue weighted by atomic mass is 9.98. The van der Waals surface area contributed by atoms with Gasteiger partial charge in [-0.3, -0.25) is 0 Å². The highest BCUT2D eigenvalue weighted by Crippen LogP contribution is 2.09. The fourth-order valence-corrected chi connectivity index (χ4v) is 1.85. The van der Waals surface area contributed by atoms with Gasteiger partial charge in [-0.1, -0.05) is 56.3 Å². The van der Waals surface area contributed by atoms with Crippen LogP contribution in [0.5, 0.6) is 0 Å². The zero-order chi connectivity index (χ0) is 14.4. The molecule has 0 saturated heterocycles. The van der Waals surface area contributed by atoms with Crippen LogP contribution in [0.15, 0.2) is 34.9 Å². The van der Waals surface area contributed by atoms with Gasteiger partial charge in [-0.25, -0.2) is 0 Å². The van der Waals surface area contributed by atoms with E-state index in [2.05, 4.69) is 48.4 Å². The topological polar surface area (TPSA) is 51.0 Å². The van der Waals surface area contributed by atoms with Crippen molar-refractivity contribution < 1.29 is 4.52 Å². The summed E-state index contributed by atoms with van der Waals surface area (Å²) in [4.78, 5) is 4.41. The van der Waals surface area contributed by atoms with Gasteiger partial charge in [0.15, 0.2) is 5.82 Å². The van der Waals surface area contributed by atoms with E-state index in [4.69, 9.17) is 4.52 Å². The van der Waals surface area contributed by atoms with Crippen molar-refractivity contribution in [3.05, 3.63) is 47.6 Å². The van der Waals surface area contributed by atoms with Gasteiger partial charge in [0.25, 0.3) is 0 Å². The molecule has 1 aromatic carbocycles. The third-order valence-corrected chi connectivity index (χ3v) is 3.60. The van der Waals surface area contributed by atoms with Gasteiger partial charge in [0.05, 0.1) is 6.54 Å². The SMILES string of the molecule is CC(C)C(C)CNCc1nc(Cc2ccccc2)no1. The number of hydrogen-bond donors (Lipinski definition) is 1. The molecule has 0 fully saturated rings. The van der Waals surface area contributed by atoms with Crippen LogP contribution in [0, 0.1) is 11.8 Å². The van der Waals surface area contributed by atoms with Gasteiger partial charge in [-0.2, -0.15) is 4.98 Å². The Bertz CT molecular complexity index is 507. The molecular formula is C16H23N3O. The molecule has 4 heteroatoms. The molecular weight excluding hydrogens is 250 g/mol. The highest BCUT2D eigenvalue weighted by molar-refractivity contribution is 5.18. The minimum Gasteiger partial charge on any atom is -0.338 e. The average molecular weight is 273 g/mol. The molecule has 4 nitrogen and oxygen atoms in total. The fraction of sp³-hybridized carbons (Fsp3) is 0.500. The minimum absolute atomic E-state index is 0.638. The van der Waals surface area contributed by atoms with Crippen molar-refractivity contribution in [1.82, 2.24) is 15.5 Å². The van der Waals surface area contributed by atoms with Gasteiger partial charge in [-0.15, -0.1) is 0 Å². The second-order valence-electron chi connectivity index (χ2n) is 5.62. The number of benzene rings is 1. The first kappa shape index (κ1) is 14.7. The number of rotatable bonds is 7. The molecule has 1 unspecified atom stereocenters. The van der Waals surface area contributed by atoms with Crippen LogP contribution in [0.1, 0.15) is 38.0 Å². The smallest absolute Gasteiger partial charge is 0.240 e. The molecule has 1 aromatic heterocycles. The number of nitrogens with one attached hydrogen (secondary N) is 1. The first-order valence-electron chi connectivity index (χ1n) is 7.21. The van der Waals surface area contributed by atoms with E-state index in [1.165, 1.54) is 5.56 Å². The van der Waals surface area contributed by atoms with Crippen molar-refractivity contribution >= 4 is 0 Å². The Kier molecular flexibility index (Phi) is 5.30. The minimum atomic E-state index is 0.638. The van der Waals surface area contributed by atoms with E-state index in [9.17, 15) is 0 Å². The first-order valence-corrected chi connectivity index (χ1v) is 7.21. The standard InChI is InChI=1S/C16H23N3O/c1-12(2)13(3)10-17-11-16-18-15(19-20-16)9-14-7-5-4-6-8-14/h4-8,12-13,17H,9-11H2,1-3H3. The zero-order valence-electron chi connectivity index (χ0n) is 12.5. The monoisotopic (exact) mass is 273 g/mol. The summed E-state index contributed by atoms with van der Waals surface area (Å²) in [6.07, 6.45) is 0.715. The van der Waals surface area contributed by atoms with Crippen molar-refractivity contribution in [3.8, 4) is 0 Å². The second-order valence-corrected chi connectivity index (χ2v) is 5.62. The summed E-state index contributed by atoms with van der Waals surface area (Å²) in [6, 6.07) is 10.2. The summed E-state index contributed by atoms with van der Waals surface area (Å²) in [7, 11) is 0. The molecule has 0 aliphatic rings. The second kappa shape index (κ2) is 7.20. The van der Waals surface area contributed by atoms with Crippen LogP contribution in [0.4, 0.5) is 0 Å². The van der Waals surface area contributed by atoms with Crippen LogP contribution in [0.3, 0.4) is 0 Å². The van der Waals surface area contributed by atoms with Crippen LogP contribution in [-0.2, 0) is 13.0 Å². The lowest BCUT2D eigenvalue weighted by molar-refractivity contribution is 0.344. The summed E-state index contributed by atoms with van der Waals surface area (Å²) in [6.45, 7) is 8.31. The molecule has 0 aliphatic heterocycles. The molecule has 1 atom stereocenters. The Labute approximate surface area is 120 Å². The maximum atomic E-state index is 5.26. The van der Waals surface area contributed by atoms with Crippen LogP contribution in [0.2, 0.25) is 0 Å². The highest BCUT2D eigenvalue weighted by atomic mass is 16.5. The molecule has 1 N–H and O–H groups in total. The summed E-state index contributed by atoms with van der Waals surface area (Å²) < 4.78 is 5.26. The van der Waals surface area contributed by atoms with Crippen molar-refractivity contribution in [3.63, 3.8) is 0 Å². The largest absolute Gasteiger partial charge is 0.338 e. The Hall–Kier alpha value is -1.68. The lowest BCUT2D eigenvalue weighted by Crippen LogP contribution is -2.23. The van der Waals surface area contributed by atoms with Crippen molar-refractivity contribution in [1.29, 1.82) is 0 Å². The van der Waals surface area contributed by atoms with E-state index < -0.39 is 0 Å². The number of hydrogen-bond acceptors (Lipinski definition) is 4. The summed E-state index contributed by atoms with van der Waals surface area (Å²) in [5.41, 5.74) is 1.20. The van der Waals surface area contributed by atoms with Crippen LogP contribution >= 0.6 is 0 Å². The zero-order valence-corrected chi connectivity index (χ0v) is 12.5. The van der Waals surface area contributed by atoms with E-state index in [0.717, 1.165) is 12.4 Å². The van der Waals surface area contributed by atoms with Gasteiger partial charge in [-0.05, 0) is 23.9 Å². The molecule has 0 aliphatic carbocycles. The van der Waals surface area contributed by atoms with Crippen molar-refractivity contribution in [2.24, 2.45) is 11.8 Å². The summed E-state index contributed by atoms with van der Waals surface area (Å²) >= 11 is 0. The number of nitrogens with zero attached hydrogens (tertiary/aromatic N) is 2.